The Bertz CT molecular complexity index is 1160. The number of benzene rings is 1. The molecule has 0 atom stereocenters. The van der Waals surface area contributed by atoms with Crippen molar-refractivity contribution in [3.63, 3.8) is 0 Å². The average molecular weight is 375 g/mol. The second-order valence-electron chi connectivity index (χ2n) is 5.69. The fraction of sp³-hybridized carbons (Fsp3) is 0.176. The number of hydrogen-bond acceptors (Lipinski definition) is 6. The lowest BCUT2D eigenvalue weighted by Crippen LogP contribution is -2.17. The Balaban J connectivity index is 2.00. The van der Waals surface area contributed by atoms with Gasteiger partial charge in [0.2, 0.25) is 0 Å². The summed E-state index contributed by atoms with van der Waals surface area (Å²) in [7, 11) is 1.51. The van der Waals surface area contributed by atoms with Crippen LogP contribution in [0.25, 0.3) is 28.1 Å². The molecule has 0 N–H and O–H groups in total. The Labute approximate surface area is 150 Å². The van der Waals surface area contributed by atoms with Crippen LogP contribution >= 0.6 is 0 Å². The van der Waals surface area contributed by atoms with Gasteiger partial charge in [0.25, 0.3) is 0 Å². The van der Waals surface area contributed by atoms with Crippen LogP contribution in [0.3, 0.4) is 0 Å². The number of halogens is 3. The first-order chi connectivity index (χ1) is 12.9. The van der Waals surface area contributed by atoms with Crippen molar-refractivity contribution >= 4 is 16.7 Å². The maximum atomic E-state index is 12.6. The lowest BCUT2D eigenvalue weighted by Gasteiger charge is -2.11. The minimum Gasteiger partial charge on any atom is -0.495 e. The SMILES string of the molecule is COc1cncc(-c2nnc3c(C)nc4ccc(OC(F)(F)F)cc4n23)c1. The minimum absolute atomic E-state index is 0.356. The largest absolute Gasteiger partial charge is 0.573 e. The van der Waals surface area contributed by atoms with Crippen molar-refractivity contribution in [1.82, 2.24) is 24.6 Å². The first-order valence-corrected chi connectivity index (χ1v) is 7.76. The third-order valence-electron chi connectivity index (χ3n) is 3.90. The van der Waals surface area contributed by atoms with Gasteiger partial charge in [-0.05, 0) is 25.1 Å². The third kappa shape index (κ3) is 3.09. The predicted molar refractivity (Wildman–Crippen MR) is 89.5 cm³/mol. The average Bonchev–Trinajstić information content (AvgIpc) is 3.07. The molecule has 0 saturated carbocycles. The molecule has 0 aliphatic heterocycles. The number of aryl methyl sites for hydroxylation is 1. The maximum absolute atomic E-state index is 12.6. The number of hydrogen-bond donors (Lipinski definition) is 0. The quantitative estimate of drug-likeness (QED) is 0.545. The molecule has 0 aliphatic carbocycles. The number of nitrogens with zero attached hydrogens (tertiary/aromatic N) is 5. The van der Waals surface area contributed by atoms with E-state index in [0.717, 1.165) is 0 Å². The predicted octanol–water partition coefficient (Wildman–Crippen LogP) is 3.56. The number of pyridine rings is 1. The molecular weight excluding hydrogens is 363 g/mol. The Morgan fingerprint density at radius 3 is 2.59 bits per heavy atom. The molecule has 0 bridgehead atoms. The minimum atomic E-state index is -4.79. The van der Waals surface area contributed by atoms with E-state index in [1.54, 1.807) is 23.6 Å². The van der Waals surface area contributed by atoms with E-state index in [0.29, 0.717) is 39.5 Å². The van der Waals surface area contributed by atoms with Gasteiger partial charge in [-0.25, -0.2) is 4.98 Å². The zero-order chi connectivity index (χ0) is 19.2. The number of fused-ring (bicyclic) bond motifs is 3. The third-order valence-corrected chi connectivity index (χ3v) is 3.90. The molecular formula is C17H12F3N5O2. The molecule has 0 saturated heterocycles. The first kappa shape index (κ1) is 17.0. The zero-order valence-corrected chi connectivity index (χ0v) is 14.2. The summed E-state index contributed by atoms with van der Waals surface area (Å²) in [4.78, 5) is 8.47. The Morgan fingerprint density at radius 2 is 1.85 bits per heavy atom. The van der Waals surface area contributed by atoms with Crippen LogP contribution in [0.1, 0.15) is 5.69 Å². The van der Waals surface area contributed by atoms with Gasteiger partial charge in [-0.2, -0.15) is 0 Å². The molecule has 0 spiro atoms. The number of alkyl halides is 3. The van der Waals surface area contributed by atoms with Crippen molar-refractivity contribution in [3.05, 3.63) is 42.4 Å². The van der Waals surface area contributed by atoms with E-state index in [9.17, 15) is 13.2 Å². The van der Waals surface area contributed by atoms with Gasteiger partial charge < -0.3 is 9.47 Å². The van der Waals surface area contributed by atoms with Crippen molar-refractivity contribution in [2.45, 2.75) is 13.3 Å². The van der Waals surface area contributed by atoms with Crippen LogP contribution in [0.2, 0.25) is 0 Å². The summed E-state index contributed by atoms with van der Waals surface area (Å²) in [5.74, 6) is 0.557. The van der Waals surface area contributed by atoms with Gasteiger partial charge >= 0.3 is 6.36 Å². The summed E-state index contributed by atoms with van der Waals surface area (Å²) in [5, 5.41) is 8.29. The summed E-state index contributed by atoms with van der Waals surface area (Å²) in [6.07, 6.45) is -1.69. The highest BCUT2D eigenvalue weighted by Crippen LogP contribution is 2.30. The summed E-state index contributed by atoms with van der Waals surface area (Å²) >= 11 is 0. The standard InChI is InChI=1S/C17H12F3N5O2/c1-9-15-23-24-16(10-5-12(26-2)8-21-7-10)25(15)14-6-11(27-17(18,19)20)3-4-13(14)22-9/h3-8H,1-2H3. The van der Waals surface area contributed by atoms with E-state index in [1.165, 1.54) is 31.5 Å². The van der Waals surface area contributed by atoms with Crippen LogP contribution in [-0.4, -0.2) is 38.0 Å². The first-order valence-electron chi connectivity index (χ1n) is 7.76. The Morgan fingerprint density at radius 1 is 1.04 bits per heavy atom. The molecule has 138 valence electrons. The lowest BCUT2D eigenvalue weighted by molar-refractivity contribution is -0.274. The second-order valence-corrected chi connectivity index (χ2v) is 5.69. The van der Waals surface area contributed by atoms with Gasteiger partial charge in [0, 0.05) is 17.8 Å². The van der Waals surface area contributed by atoms with Crippen LogP contribution in [0.4, 0.5) is 13.2 Å². The topological polar surface area (TPSA) is 74.4 Å². The van der Waals surface area contributed by atoms with Gasteiger partial charge in [0.15, 0.2) is 11.5 Å². The smallest absolute Gasteiger partial charge is 0.495 e. The van der Waals surface area contributed by atoms with E-state index in [2.05, 4.69) is 24.9 Å². The molecule has 0 unspecified atom stereocenters. The monoisotopic (exact) mass is 375 g/mol. The zero-order valence-electron chi connectivity index (χ0n) is 14.2. The van der Waals surface area contributed by atoms with E-state index in [-0.39, 0.29) is 5.75 Å². The molecule has 0 aliphatic rings. The summed E-state index contributed by atoms with van der Waals surface area (Å²) in [6.45, 7) is 1.75. The van der Waals surface area contributed by atoms with Gasteiger partial charge in [0.05, 0.1) is 30.0 Å². The summed E-state index contributed by atoms with van der Waals surface area (Å²) in [6, 6.07) is 5.63. The fourth-order valence-corrected chi connectivity index (χ4v) is 2.79. The Hall–Kier alpha value is -3.43. The van der Waals surface area contributed by atoms with Crippen LogP contribution in [0.5, 0.6) is 11.5 Å². The molecule has 0 radical (unpaired) electrons. The number of aromatic nitrogens is 5. The van der Waals surface area contributed by atoms with Crippen molar-refractivity contribution in [2.75, 3.05) is 7.11 Å². The highest BCUT2D eigenvalue weighted by molar-refractivity contribution is 5.82. The number of methoxy groups -OCH3 is 1. The lowest BCUT2D eigenvalue weighted by atomic mass is 10.2. The van der Waals surface area contributed by atoms with Crippen molar-refractivity contribution in [2.24, 2.45) is 0 Å². The molecule has 0 fully saturated rings. The van der Waals surface area contributed by atoms with Gasteiger partial charge in [-0.15, -0.1) is 23.4 Å². The van der Waals surface area contributed by atoms with Gasteiger partial charge in [-0.1, -0.05) is 0 Å². The van der Waals surface area contributed by atoms with Crippen molar-refractivity contribution in [1.29, 1.82) is 0 Å². The molecule has 0 amide bonds. The van der Waals surface area contributed by atoms with Crippen LogP contribution < -0.4 is 9.47 Å². The molecule has 1 aromatic carbocycles. The molecule has 4 aromatic rings. The number of ether oxygens (including phenoxy) is 2. The van der Waals surface area contributed by atoms with Crippen LogP contribution in [0, 0.1) is 6.92 Å². The second kappa shape index (κ2) is 6.08. The molecule has 3 heterocycles. The summed E-state index contributed by atoms with van der Waals surface area (Å²) < 4.78 is 48.6. The van der Waals surface area contributed by atoms with Crippen LogP contribution in [0.15, 0.2) is 36.7 Å². The highest BCUT2D eigenvalue weighted by atomic mass is 19.4. The molecule has 7 nitrogen and oxygen atoms in total. The molecule has 3 aromatic heterocycles. The van der Waals surface area contributed by atoms with Gasteiger partial charge in [0.1, 0.15) is 11.5 Å². The van der Waals surface area contributed by atoms with Gasteiger partial charge in [-0.3, -0.25) is 9.38 Å². The van der Waals surface area contributed by atoms with E-state index < -0.39 is 6.36 Å². The molecule has 27 heavy (non-hydrogen) atoms. The maximum Gasteiger partial charge on any atom is 0.573 e. The van der Waals surface area contributed by atoms with Crippen LogP contribution in [-0.2, 0) is 0 Å². The molecule has 4 rings (SSSR count). The van der Waals surface area contributed by atoms with E-state index >= 15 is 0 Å². The highest BCUT2D eigenvalue weighted by Gasteiger charge is 2.31. The van der Waals surface area contributed by atoms with E-state index in [4.69, 9.17) is 4.74 Å². The normalized spacial score (nSPS) is 11.9. The van der Waals surface area contributed by atoms with Crippen molar-refractivity contribution in [3.8, 4) is 22.9 Å². The number of rotatable bonds is 3. The fourth-order valence-electron chi connectivity index (χ4n) is 2.79. The van der Waals surface area contributed by atoms with E-state index in [1.807, 2.05) is 0 Å². The van der Waals surface area contributed by atoms with Crippen molar-refractivity contribution < 1.29 is 22.6 Å². The summed E-state index contributed by atoms with van der Waals surface area (Å²) in [5.41, 5.74) is 2.45. The molecule has 10 heteroatoms. The Kier molecular flexibility index (Phi) is 3.83.